The van der Waals surface area contributed by atoms with E-state index in [1.54, 1.807) is 7.11 Å². The van der Waals surface area contributed by atoms with Gasteiger partial charge in [-0.2, -0.15) is 0 Å². The van der Waals surface area contributed by atoms with Gasteiger partial charge in [0.05, 0.1) is 31.8 Å². The molecule has 1 aromatic heterocycles. The summed E-state index contributed by atoms with van der Waals surface area (Å²) in [4.78, 5) is 48.7. The molecule has 2 aromatic rings. The molecule has 3 aliphatic heterocycles. The van der Waals surface area contributed by atoms with E-state index < -0.39 is 17.4 Å². The van der Waals surface area contributed by atoms with Crippen LogP contribution < -0.4 is 10.1 Å². The normalized spacial score (nSPS) is 26.3. The van der Waals surface area contributed by atoms with Crippen LogP contribution >= 0.6 is 0 Å². The lowest BCUT2D eigenvalue weighted by atomic mass is 9.67. The number of hydrogen-bond acceptors (Lipinski definition) is 5. The number of fused-ring (bicyclic) bond motifs is 5. The van der Waals surface area contributed by atoms with Gasteiger partial charge >= 0.3 is 0 Å². The molecule has 1 unspecified atom stereocenters. The van der Waals surface area contributed by atoms with E-state index in [9.17, 15) is 14.4 Å². The number of benzene rings is 1. The Morgan fingerprint density at radius 3 is 2.76 bits per heavy atom. The van der Waals surface area contributed by atoms with Gasteiger partial charge in [0.2, 0.25) is 17.7 Å². The van der Waals surface area contributed by atoms with Crippen LogP contribution in [0, 0.1) is 11.8 Å². The van der Waals surface area contributed by atoms with Crippen LogP contribution in [0.25, 0.3) is 10.9 Å². The maximum Gasteiger partial charge on any atom is 0.228 e. The largest absolute Gasteiger partial charge is 0.497 e. The minimum Gasteiger partial charge on any atom is -0.497 e. The lowest BCUT2D eigenvalue weighted by Crippen LogP contribution is -2.65. The van der Waals surface area contributed by atoms with Gasteiger partial charge in [0.1, 0.15) is 5.75 Å². The van der Waals surface area contributed by atoms with Crippen molar-refractivity contribution in [1.29, 1.82) is 0 Å². The molecule has 9 heteroatoms. The summed E-state index contributed by atoms with van der Waals surface area (Å²) in [7, 11) is 1.66. The second-order valence-corrected chi connectivity index (χ2v) is 12.1. The van der Waals surface area contributed by atoms with E-state index in [1.807, 2.05) is 34.9 Å². The number of nitrogens with zero attached hydrogens (tertiary/aromatic N) is 2. The maximum atomic E-state index is 14.2. The third kappa shape index (κ3) is 5.13. The molecule has 3 atom stereocenters. The third-order valence-corrected chi connectivity index (χ3v) is 9.79. The zero-order chi connectivity index (χ0) is 28.6. The van der Waals surface area contributed by atoms with Crippen molar-refractivity contribution in [1.82, 2.24) is 20.1 Å². The van der Waals surface area contributed by atoms with Crippen molar-refractivity contribution >= 4 is 28.6 Å². The SMILES string of the molecule is COc1ccc2[nH]c3c(c2c1)CCN1C(=O)C(CC(=O)NCCC2=CCCCC2)C[C@H](C(=O)N2CCOCC2)[C@@]31C. The van der Waals surface area contributed by atoms with E-state index in [2.05, 4.69) is 16.4 Å². The number of amides is 3. The fourth-order valence-corrected chi connectivity index (χ4v) is 7.48. The second-order valence-electron chi connectivity index (χ2n) is 12.1. The standard InChI is InChI=1S/C32H42N4O5/c1-32-26(31(39)35-14-16-41-17-15-35)18-22(19-28(37)33-12-10-21-6-4-3-5-7-21)30(38)36(32)13-11-24-25-20-23(40-2)8-9-27(25)34-29(24)32/h6,8-9,20,22,26,34H,3-5,7,10-19H2,1-2H3,(H,33,37)/t22?,26-,32+/m1/s1. The van der Waals surface area contributed by atoms with E-state index >= 15 is 0 Å². The number of methoxy groups -OCH3 is 1. The van der Waals surface area contributed by atoms with Gasteiger partial charge in [-0.1, -0.05) is 11.6 Å². The van der Waals surface area contributed by atoms with Crippen molar-refractivity contribution in [2.75, 3.05) is 46.5 Å². The number of aromatic nitrogens is 1. The number of morpholine rings is 1. The quantitative estimate of drug-likeness (QED) is 0.502. The van der Waals surface area contributed by atoms with Gasteiger partial charge in [0, 0.05) is 55.1 Å². The van der Waals surface area contributed by atoms with Gasteiger partial charge in [-0.05, 0) is 75.6 Å². The van der Waals surface area contributed by atoms with Gasteiger partial charge < -0.3 is 29.6 Å². The predicted molar refractivity (Wildman–Crippen MR) is 155 cm³/mol. The summed E-state index contributed by atoms with van der Waals surface area (Å²) in [6, 6.07) is 5.95. The fraction of sp³-hybridized carbons (Fsp3) is 0.594. The molecule has 220 valence electrons. The summed E-state index contributed by atoms with van der Waals surface area (Å²) >= 11 is 0. The highest BCUT2D eigenvalue weighted by molar-refractivity contribution is 5.93. The van der Waals surface area contributed by atoms with E-state index in [-0.39, 0.29) is 24.1 Å². The van der Waals surface area contributed by atoms with Crippen molar-refractivity contribution < 1.29 is 23.9 Å². The highest BCUT2D eigenvalue weighted by Crippen LogP contribution is 2.50. The minimum absolute atomic E-state index is 0.0343. The first kappa shape index (κ1) is 27.8. The average Bonchev–Trinajstić information content (AvgIpc) is 3.38. The van der Waals surface area contributed by atoms with Crippen molar-refractivity contribution in [3.63, 3.8) is 0 Å². The number of carbonyl (C=O) groups excluding carboxylic acids is 3. The number of piperidine rings is 1. The van der Waals surface area contributed by atoms with Gasteiger partial charge in [-0.15, -0.1) is 0 Å². The molecular weight excluding hydrogens is 520 g/mol. The molecule has 41 heavy (non-hydrogen) atoms. The first-order chi connectivity index (χ1) is 19.9. The summed E-state index contributed by atoms with van der Waals surface area (Å²) in [6.45, 7) is 5.23. The van der Waals surface area contributed by atoms with E-state index in [0.717, 1.165) is 47.2 Å². The summed E-state index contributed by atoms with van der Waals surface area (Å²) in [6.07, 6.45) is 8.98. The molecule has 2 N–H and O–H groups in total. The van der Waals surface area contributed by atoms with Crippen LogP contribution in [0.15, 0.2) is 29.8 Å². The first-order valence-electron chi connectivity index (χ1n) is 15.2. The third-order valence-electron chi connectivity index (χ3n) is 9.79. The zero-order valence-electron chi connectivity index (χ0n) is 24.3. The highest BCUT2D eigenvalue weighted by Gasteiger charge is 2.57. The summed E-state index contributed by atoms with van der Waals surface area (Å²) < 4.78 is 11.0. The molecule has 3 amide bonds. The molecule has 4 aliphatic rings. The zero-order valence-corrected chi connectivity index (χ0v) is 24.3. The second kappa shape index (κ2) is 11.5. The van der Waals surface area contributed by atoms with Crippen molar-refractivity contribution in [2.45, 2.75) is 63.8 Å². The Morgan fingerprint density at radius 1 is 1.17 bits per heavy atom. The number of aromatic amines is 1. The average molecular weight is 563 g/mol. The molecule has 0 bridgehead atoms. The number of ether oxygens (including phenoxy) is 2. The van der Waals surface area contributed by atoms with Crippen LogP contribution in [0.3, 0.4) is 0 Å². The number of hydrogen-bond donors (Lipinski definition) is 2. The van der Waals surface area contributed by atoms with Crippen LogP contribution in [0.1, 0.15) is 63.1 Å². The Morgan fingerprint density at radius 2 is 2.00 bits per heavy atom. The fourth-order valence-electron chi connectivity index (χ4n) is 7.48. The van der Waals surface area contributed by atoms with Crippen molar-refractivity contribution in [3.8, 4) is 5.75 Å². The summed E-state index contributed by atoms with van der Waals surface area (Å²) in [5, 5.41) is 4.12. The van der Waals surface area contributed by atoms with Gasteiger partial charge in [-0.3, -0.25) is 14.4 Å². The predicted octanol–water partition coefficient (Wildman–Crippen LogP) is 3.67. The number of rotatable bonds is 7. The Kier molecular flexibility index (Phi) is 7.81. The van der Waals surface area contributed by atoms with E-state index in [0.29, 0.717) is 52.2 Å². The van der Waals surface area contributed by atoms with Crippen LogP contribution in [-0.4, -0.2) is 79.0 Å². The molecular formula is C32H42N4O5. The number of carbonyl (C=O) groups is 3. The smallest absolute Gasteiger partial charge is 0.228 e. The van der Waals surface area contributed by atoms with E-state index in [1.165, 1.54) is 18.4 Å². The summed E-state index contributed by atoms with van der Waals surface area (Å²) in [5.74, 6) is -0.345. The first-order valence-corrected chi connectivity index (χ1v) is 15.2. The number of H-pyrrole nitrogens is 1. The molecule has 1 aliphatic carbocycles. The Bertz CT molecular complexity index is 1360. The molecule has 0 saturated carbocycles. The summed E-state index contributed by atoms with van der Waals surface area (Å²) in [5.41, 5.74) is 3.61. The molecule has 1 aromatic carbocycles. The highest BCUT2D eigenvalue weighted by atomic mass is 16.5. The van der Waals surface area contributed by atoms with Crippen LogP contribution in [-0.2, 0) is 31.1 Å². The van der Waals surface area contributed by atoms with Gasteiger partial charge in [0.15, 0.2) is 0 Å². The lowest BCUT2D eigenvalue weighted by molar-refractivity contribution is -0.166. The Labute approximate surface area is 241 Å². The minimum atomic E-state index is -0.841. The van der Waals surface area contributed by atoms with E-state index in [4.69, 9.17) is 9.47 Å². The molecule has 9 nitrogen and oxygen atoms in total. The molecule has 4 heterocycles. The Hall–Kier alpha value is -3.33. The maximum absolute atomic E-state index is 14.2. The monoisotopic (exact) mass is 562 g/mol. The molecule has 0 radical (unpaired) electrons. The van der Waals surface area contributed by atoms with Gasteiger partial charge in [0.25, 0.3) is 0 Å². The number of allylic oxidation sites excluding steroid dienone is 1. The Balaban J connectivity index is 1.28. The lowest BCUT2D eigenvalue weighted by Gasteiger charge is -2.54. The van der Waals surface area contributed by atoms with Gasteiger partial charge in [-0.25, -0.2) is 0 Å². The van der Waals surface area contributed by atoms with Crippen molar-refractivity contribution in [3.05, 3.63) is 41.1 Å². The molecule has 2 saturated heterocycles. The van der Waals surface area contributed by atoms with Crippen LogP contribution in [0.5, 0.6) is 5.75 Å². The molecule has 6 rings (SSSR count). The number of nitrogens with one attached hydrogen (secondary N) is 2. The topological polar surface area (TPSA) is 104 Å². The molecule has 2 fully saturated rings. The van der Waals surface area contributed by atoms with Crippen LogP contribution in [0.4, 0.5) is 0 Å². The van der Waals surface area contributed by atoms with Crippen LogP contribution in [0.2, 0.25) is 0 Å². The molecule has 0 spiro atoms. The van der Waals surface area contributed by atoms with Crippen molar-refractivity contribution in [2.24, 2.45) is 11.8 Å².